The topological polar surface area (TPSA) is 89.4 Å². The van der Waals surface area contributed by atoms with Crippen molar-refractivity contribution in [3.05, 3.63) is 82.6 Å². The molecule has 2 aromatic heterocycles. The highest BCUT2D eigenvalue weighted by Gasteiger charge is 2.33. The molecule has 8 nitrogen and oxygen atoms in total. The van der Waals surface area contributed by atoms with Crippen molar-refractivity contribution < 1.29 is 14.3 Å². The van der Waals surface area contributed by atoms with Crippen molar-refractivity contribution in [1.82, 2.24) is 25.2 Å². The van der Waals surface area contributed by atoms with Gasteiger partial charge in [-0.2, -0.15) is 0 Å². The van der Waals surface area contributed by atoms with Gasteiger partial charge in [-0.05, 0) is 48.4 Å². The van der Waals surface area contributed by atoms with E-state index in [1.54, 1.807) is 9.58 Å². The molecule has 0 aliphatic carbocycles. The quantitative estimate of drug-likeness (QED) is 0.357. The fraction of sp³-hybridized carbons (Fsp3) is 0.333. The van der Waals surface area contributed by atoms with Crippen LogP contribution in [0.4, 0.5) is 0 Å². The number of para-hydroxylation sites is 1. The van der Waals surface area contributed by atoms with Gasteiger partial charge in [-0.25, -0.2) is 4.68 Å². The lowest BCUT2D eigenvalue weighted by atomic mass is 10.1. The van der Waals surface area contributed by atoms with Crippen LogP contribution in [0.25, 0.3) is 11.0 Å². The molecule has 36 heavy (non-hydrogen) atoms. The van der Waals surface area contributed by atoms with Gasteiger partial charge >= 0.3 is 0 Å². The summed E-state index contributed by atoms with van der Waals surface area (Å²) in [6, 6.07) is 20.6. The predicted octanol–water partition coefficient (Wildman–Crippen LogP) is 3.60. The minimum absolute atomic E-state index is 0.00378. The van der Waals surface area contributed by atoms with Gasteiger partial charge in [0.1, 0.15) is 18.1 Å². The van der Waals surface area contributed by atoms with E-state index in [4.69, 9.17) is 4.74 Å². The first-order chi connectivity index (χ1) is 17.7. The van der Waals surface area contributed by atoms with E-state index in [0.717, 1.165) is 40.9 Å². The van der Waals surface area contributed by atoms with Crippen LogP contribution in [-0.4, -0.2) is 57.5 Å². The number of amides is 2. The van der Waals surface area contributed by atoms with Crippen LogP contribution < -0.4 is 5.32 Å². The van der Waals surface area contributed by atoms with E-state index in [2.05, 4.69) is 15.6 Å². The molecule has 5 rings (SSSR count). The zero-order chi connectivity index (χ0) is 24.7. The average molecular weight is 504 g/mol. The van der Waals surface area contributed by atoms with Crippen molar-refractivity contribution >= 4 is 34.2 Å². The Morgan fingerprint density at radius 2 is 1.94 bits per heavy atom. The average Bonchev–Trinajstić information content (AvgIpc) is 3.69. The van der Waals surface area contributed by atoms with Crippen LogP contribution in [0.15, 0.2) is 72.1 Å². The monoisotopic (exact) mass is 503 g/mol. The summed E-state index contributed by atoms with van der Waals surface area (Å²) < 4.78 is 7.29. The Morgan fingerprint density at radius 3 is 2.72 bits per heavy atom. The molecule has 186 valence electrons. The Hall–Kier alpha value is -3.56. The van der Waals surface area contributed by atoms with Crippen molar-refractivity contribution in [2.45, 2.75) is 38.0 Å². The van der Waals surface area contributed by atoms with Crippen molar-refractivity contribution in [2.75, 3.05) is 19.7 Å². The van der Waals surface area contributed by atoms with E-state index in [9.17, 15) is 9.59 Å². The van der Waals surface area contributed by atoms with Crippen LogP contribution in [0.3, 0.4) is 0 Å². The lowest BCUT2D eigenvalue weighted by molar-refractivity contribution is -0.141. The maximum absolute atomic E-state index is 13.8. The Labute approximate surface area is 213 Å². The number of nitrogens with zero attached hydrogens (tertiary/aromatic N) is 4. The molecule has 1 saturated heterocycles. The molecule has 9 heteroatoms. The number of fused-ring (bicyclic) bond motifs is 1. The largest absolute Gasteiger partial charge is 0.376 e. The number of rotatable bonds is 10. The second-order valence-electron chi connectivity index (χ2n) is 8.86. The first kappa shape index (κ1) is 24.1. The molecule has 2 atom stereocenters. The summed E-state index contributed by atoms with van der Waals surface area (Å²) in [6.45, 7) is 1.55. The number of carbonyl (C=O) groups is 2. The normalized spacial score (nSPS) is 16.2. The summed E-state index contributed by atoms with van der Waals surface area (Å²) in [6.07, 6.45) is 2.58. The highest BCUT2D eigenvalue weighted by atomic mass is 32.1. The van der Waals surface area contributed by atoms with Gasteiger partial charge in [0.15, 0.2) is 0 Å². The highest BCUT2D eigenvalue weighted by Crippen LogP contribution is 2.27. The zero-order valence-corrected chi connectivity index (χ0v) is 20.8. The molecular formula is C27H29N5O3S. The van der Waals surface area contributed by atoms with E-state index in [0.29, 0.717) is 19.5 Å². The van der Waals surface area contributed by atoms with Crippen LogP contribution in [0.5, 0.6) is 0 Å². The highest BCUT2D eigenvalue weighted by molar-refractivity contribution is 7.10. The summed E-state index contributed by atoms with van der Waals surface area (Å²) in [5.41, 5.74) is 2.61. The Balaban J connectivity index is 1.41. The van der Waals surface area contributed by atoms with E-state index < -0.39 is 6.04 Å². The van der Waals surface area contributed by atoms with Gasteiger partial charge in [0.25, 0.3) is 0 Å². The summed E-state index contributed by atoms with van der Waals surface area (Å²) in [4.78, 5) is 29.9. The summed E-state index contributed by atoms with van der Waals surface area (Å²) in [7, 11) is 0. The van der Waals surface area contributed by atoms with Crippen molar-refractivity contribution in [3.63, 3.8) is 0 Å². The molecule has 0 saturated carbocycles. The SMILES string of the molecule is O=C(NC[C@@H]1CCCO1)[C@@H](c1cccs1)N(CCc1ccccc1)C(=O)Cn1nnc2ccccc21. The fourth-order valence-corrected chi connectivity index (χ4v) is 5.37. The van der Waals surface area contributed by atoms with Crippen molar-refractivity contribution in [3.8, 4) is 0 Å². The molecule has 0 radical (unpaired) electrons. The summed E-state index contributed by atoms with van der Waals surface area (Å²) in [5, 5.41) is 13.4. The number of hydrogen-bond donors (Lipinski definition) is 1. The number of ether oxygens (including phenoxy) is 1. The molecule has 2 aromatic carbocycles. The second kappa shape index (κ2) is 11.5. The smallest absolute Gasteiger partial charge is 0.248 e. The van der Waals surface area contributed by atoms with E-state index >= 15 is 0 Å². The van der Waals surface area contributed by atoms with Crippen LogP contribution in [0.1, 0.15) is 29.3 Å². The number of carbonyl (C=O) groups excluding carboxylic acids is 2. The van der Waals surface area contributed by atoms with Crippen molar-refractivity contribution in [1.29, 1.82) is 0 Å². The first-order valence-electron chi connectivity index (χ1n) is 12.2. The third kappa shape index (κ3) is 5.63. The van der Waals surface area contributed by atoms with Gasteiger partial charge in [0.05, 0.1) is 11.6 Å². The van der Waals surface area contributed by atoms with Crippen LogP contribution in [-0.2, 0) is 27.3 Å². The molecule has 4 aromatic rings. The van der Waals surface area contributed by atoms with Gasteiger partial charge < -0.3 is 15.0 Å². The van der Waals surface area contributed by atoms with Gasteiger partial charge in [-0.1, -0.05) is 53.7 Å². The molecule has 0 unspecified atom stereocenters. The third-order valence-electron chi connectivity index (χ3n) is 6.41. The maximum Gasteiger partial charge on any atom is 0.248 e. The van der Waals surface area contributed by atoms with Crippen LogP contribution >= 0.6 is 11.3 Å². The van der Waals surface area contributed by atoms with Crippen LogP contribution in [0, 0.1) is 0 Å². The molecule has 1 aliphatic heterocycles. The molecule has 0 bridgehead atoms. The summed E-state index contributed by atoms with van der Waals surface area (Å²) in [5.74, 6) is -0.384. The molecular weight excluding hydrogens is 474 g/mol. The van der Waals surface area contributed by atoms with Gasteiger partial charge in [-0.3, -0.25) is 9.59 Å². The molecule has 3 heterocycles. The molecule has 1 fully saturated rings. The molecule has 1 N–H and O–H groups in total. The number of hydrogen-bond acceptors (Lipinski definition) is 6. The standard InChI is InChI=1S/C27H29N5O3S/c33-25(19-32-23-12-5-4-11-22(23)29-30-32)31(15-14-20-8-2-1-3-9-20)26(24-13-7-17-36-24)27(34)28-18-21-10-6-16-35-21/h1-5,7-9,11-13,17,21,26H,6,10,14-16,18-19H2,(H,28,34)/t21-,26+/m0/s1. The maximum atomic E-state index is 13.8. The number of aromatic nitrogens is 3. The number of nitrogens with one attached hydrogen (secondary N) is 1. The van der Waals surface area contributed by atoms with Gasteiger partial charge in [0.2, 0.25) is 11.8 Å². The van der Waals surface area contributed by atoms with Crippen molar-refractivity contribution in [2.24, 2.45) is 0 Å². The first-order valence-corrected chi connectivity index (χ1v) is 13.1. The van der Waals surface area contributed by atoms with E-state index in [1.807, 2.05) is 72.1 Å². The predicted molar refractivity (Wildman–Crippen MR) is 138 cm³/mol. The Kier molecular flexibility index (Phi) is 7.68. The van der Waals surface area contributed by atoms with E-state index in [-0.39, 0.29) is 24.5 Å². The Bertz CT molecular complexity index is 1290. The molecule has 2 amide bonds. The number of benzene rings is 2. The lowest BCUT2D eigenvalue weighted by Crippen LogP contribution is -2.46. The molecule has 0 spiro atoms. The third-order valence-corrected chi connectivity index (χ3v) is 7.34. The Morgan fingerprint density at radius 1 is 1.11 bits per heavy atom. The number of thiophene rings is 1. The lowest BCUT2D eigenvalue weighted by Gasteiger charge is -2.31. The fourth-order valence-electron chi connectivity index (χ4n) is 4.53. The van der Waals surface area contributed by atoms with Gasteiger partial charge in [-0.15, -0.1) is 16.4 Å². The summed E-state index contributed by atoms with van der Waals surface area (Å²) >= 11 is 1.47. The minimum Gasteiger partial charge on any atom is -0.376 e. The molecule has 1 aliphatic rings. The zero-order valence-electron chi connectivity index (χ0n) is 20.0. The van der Waals surface area contributed by atoms with Gasteiger partial charge in [0, 0.05) is 24.6 Å². The second-order valence-corrected chi connectivity index (χ2v) is 9.84. The van der Waals surface area contributed by atoms with E-state index in [1.165, 1.54) is 11.3 Å². The van der Waals surface area contributed by atoms with Crippen LogP contribution in [0.2, 0.25) is 0 Å². The minimum atomic E-state index is -0.739.